The topological polar surface area (TPSA) is 162 Å². The van der Waals surface area contributed by atoms with Crippen molar-refractivity contribution in [2.45, 2.75) is 0 Å². The zero-order chi connectivity index (χ0) is 19.6. The second kappa shape index (κ2) is 7.15. The number of nitrogens with one attached hydrogen (secondary N) is 1. The summed E-state index contributed by atoms with van der Waals surface area (Å²) in [4.78, 5) is 27.2. The molecule has 27 heavy (non-hydrogen) atoms. The molecule has 0 amide bonds. The minimum absolute atomic E-state index is 0.0159. The Morgan fingerprint density at radius 1 is 1.22 bits per heavy atom. The van der Waals surface area contributed by atoms with Crippen molar-refractivity contribution < 1.29 is 9.66 Å². The van der Waals surface area contributed by atoms with E-state index in [2.05, 4.69) is 4.98 Å². The summed E-state index contributed by atoms with van der Waals surface area (Å²) in [5.74, 6) is -0.198. The Morgan fingerprint density at radius 2 is 1.89 bits per heavy atom. The molecule has 0 aliphatic carbocycles. The van der Waals surface area contributed by atoms with Crippen molar-refractivity contribution in [2.75, 3.05) is 36.9 Å². The number of nitrogens with zero attached hydrogens (tertiary/aromatic N) is 4. The maximum Gasteiger partial charge on any atom is 0.293 e. The molecule has 1 aliphatic heterocycles. The molecule has 10 nitrogen and oxygen atoms in total. The van der Waals surface area contributed by atoms with Crippen molar-refractivity contribution in [3.63, 3.8) is 0 Å². The lowest BCUT2D eigenvalue weighted by molar-refractivity contribution is -0.384. The second-order valence-electron chi connectivity index (χ2n) is 5.78. The summed E-state index contributed by atoms with van der Waals surface area (Å²) in [6.45, 7) is 1.93. The van der Waals surface area contributed by atoms with Gasteiger partial charge in [0.2, 0.25) is 0 Å². The predicted octanol–water partition coefficient (Wildman–Crippen LogP) is 1.11. The molecule has 0 radical (unpaired) electrons. The monoisotopic (exact) mass is 366 g/mol. The van der Waals surface area contributed by atoms with Crippen LogP contribution in [0.15, 0.2) is 23.0 Å². The molecule has 0 unspecified atom stereocenters. The van der Waals surface area contributed by atoms with Gasteiger partial charge >= 0.3 is 0 Å². The van der Waals surface area contributed by atoms with Crippen LogP contribution < -0.4 is 16.2 Å². The van der Waals surface area contributed by atoms with E-state index in [1.807, 2.05) is 11.0 Å². The summed E-state index contributed by atoms with van der Waals surface area (Å²) in [7, 11) is 0. The van der Waals surface area contributed by atoms with Crippen molar-refractivity contribution in [1.82, 2.24) is 4.98 Å². The van der Waals surface area contributed by atoms with Gasteiger partial charge in [0, 0.05) is 24.7 Å². The quantitative estimate of drug-likeness (QED) is 0.603. The van der Waals surface area contributed by atoms with Crippen molar-refractivity contribution in [1.29, 1.82) is 10.5 Å². The number of nitro groups is 1. The highest BCUT2D eigenvalue weighted by atomic mass is 16.6. The number of nitro benzene ring substituents is 1. The van der Waals surface area contributed by atoms with Gasteiger partial charge in [0.25, 0.3) is 11.2 Å². The normalized spacial score (nSPS) is 13.6. The van der Waals surface area contributed by atoms with Crippen LogP contribution in [-0.2, 0) is 4.74 Å². The van der Waals surface area contributed by atoms with Crippen LogP contribution in [0.1, 0.15) is 11.1 Å². The van der Waals surface area contributed by atoms with E-state index in [9.17, 15) is 25.4 Å². The second-order valence-corrected chi connectivity index (χ2v) is 5.78. The third-order valence-electron chi connectivity index (χ3n) is 4.28. The van der Waals surface area contributed by atoms with E-state index < -0.39 is 10.5 Å². The fraction of sp³-hybridized carbons (Fsp3) is 0.235. The number of hydrogen-bond acceptors (Lipinski definition) is 8. The smallest absolute Gasteiger partial charge is 0.293 e. The first-order valence-electron chi connectivity index (χ1n) is 7.95. The number of H-pyrrole nitrogens is 1. The number of nitrogens with two attached hydrogens (primary N) is 1. The molecule has 2 heterocycles. The van der Waals surface area contributed by atoms with Gasteiger partial charge in [0.05, 0.1) is 18.1 Å². The Hall–Kier alpha value is -3.89. The van der Waals surface area contributed by atoms with Gasteiger partial charge in [-0.05, 0) is 11.6 Å². The average molecular weight is 366 g/mol. The Kier molecular flexibility index (Phi) is 4.75. The van der Waals surface area contributed by atoms with E-state index in [0.717, 1.165) is 0 Å². The van der Waals surface area contributed by atoms with Crippen LogP contribution >= 0.6 is 0 Å². The molecular formula is C17H14N6O4. The number of anilines is 2. The van der Waals surface area contributed by atoms with Crippen LogP contribution in [0.2, 0.25) is 0 Å². The lowest BCUT2D eigenvalue weighted by atomic mass is 9.95. The minimum Gasteiger partial charge on any atom is -0.384 e. The number of ether oxygens (including phenoxy) is 1. The van der Waals surface area contributed by atoms with Gasteiger partial charge in [-0.2, -0.15) is 10.5 Å². The fourth-order valence-electron chi connectivity index (χ4n) is 3.03. The lowest BCUT2D eigenvalue weighted by Crippen LogP contribution is -2.36. The highest BCUT2D eigenvalue weighted by Crippen LogP contribution is 2.36. The molecule has 1 aromatic carbocycles. The molecule has 10 heteroatoms. The molecule has 1 aliphatic rings. The third-order valence-corrected chi connectivity index (χ3v) is 4.28. The Morgan fingerprint density at radius 3 is 2.48 bits per heavy atom. The molecule has 0 atom stereocenters. The van der Waals surface area contributed by atoms with Crippen molar-refractivity contribution in [2.24, 2.45) is 0 Å². The van der Waals surface area contributed by atoms with E-state index >= 15 is 0 Å². The predicted molar refractivity (Wildman–Crippen MR) is 96.0 cm³/mol. The van der Waals surface area contributed by atoms with E-state index in [0.29, 0.717) is 32.0 Å². The lowest BCUT2D eigenvalue weighted by Gasteiger charge is -2.28. The highest BCUT2D eigenvalue weighted by molar-refractivity contribution is 5.83. The number of nitrogen functional groups attached to an aromatic ring is 1. The number of rotatable bonds is 3. The van der Waals surface area contributed by atoms with E-state index in [1.165, 1.54) is 12.1 Å². The van der Waals surface area contributed by atoms with Crippen LogP contribution in [0.3, 0.4) is 0 Å². The summed E-state index contributed by atoms with van der Waals surface area (Å²) >= 11 is 0. The third kappa shape index (κ3) is 3.17. The summed E-state index contributed by atoms with van der Waals surface area (Å²) in [5.41, 5.74) is 4.89. The van der Waals surface area contributed by atoms with Crippen LogP contribution in [0.25, 0.3) is 11.1 Å². The molecule has 1 aromatic heterocycles. The molecule has 1 fully saturated rings. The number of morpholine rings is 1. The molecule has 0 bridgehead atoms. The number of pyridine rings is 1. The standard InChI is InChI=1S/C17H14N6O4/c18-8-11-15(12(9-19)17(24)21-16(11)20)10-1-2-13(14(7-10)23(25)26)22-3-5-27-6-4-22/h1-2,7H,3-6H2,(H3,20,21,24). The number of aromatic nitrogens is 1. The van der Waals surface area contributed by atoms with Crippen LogP contribution in [0.5, 0.6) is 0 Å². The zero-order valence-electron chi connectivity index (χ0n) is 14.1. The molecule has 3 rings (SSSR count). The first-order valence-corrected chi connectivity index (χ1v) is 7.95. The first-order chi connectivity index (χ1) is 13.0. The summed E-state index contributed by atoms with van der Waals surface area (Å²) in [6, 6.07) is 7.92. The number of benzene rings is 1. The maximum absolute atomic E-state index is 12.0. The summed E-state index contributed by atoms with van der Waals surface area (Å²) in [5, 5.41) is 30.3. The van der Waals surface area contributed by atoms with Gasteiger partial charge < -0.3 is 20.4 Å². The first kappa shape index (κ1) is 17.9. The minimum atomic E-state index is -0.760. The molecule has 2 aromatic rings. The number of aromatic amines is 1. The van der Waals surface area contributed by atoms with Gasteiger partial charge in [-0.25, -0.2) is 0 Å². The van der Waals surface area contributed by atoms with Crippen LogP contribution in [0.4, 0.5) is 17.2 Å². The van der Waals surface area contributed by atoms with Gasteiger partial charge in [-0.3, -0.25) is 14.9 Å². The SMILES string of the molecule is N#Cc1c(N)[nH]c(=O)c(C#N)c1-c1ccc(N2CCOCC2)c([N+](=O)[O-])c1. The van der Waals surface area contributed by atoms with Gasteiger partial charge in [0.15, 0.2) is 0 Å². The molecule has 0 spiro atoms. The zero-order valence-corrected chi connectivity index (χ0v) is 14.1. The summed E-state index contributed by atoms with van der Waals surface area (Å²) in [6.07, 6.45) is 0. The van der Waals surface area contributed by atoms with Crippen molar-refractivity contribution >= 4 is 17.2 Å². The molecule has 136 valence electrons. The Labute approximate surface area is 153 Å². The van der Waals surface area contributed by atoms with E-state index in [1.54, 1.807) is 12.1 Å². The van der Waals surface area contributed by atoms with E-state index in [4.69, 9.17) is 10.5 Å². The van der Waals surface area contributed by atoms with Crippen LogP contribution in [0, 0.1) is 32.8 Å². The van der Waals surface area contributed by atoms with Gasteiger partial charge in [-0.1, -0.05) is 6.07 Å². The largest absolute Gasteiger partial charge is 0.384 e. The molecule has 3 N–H and O–H groups in total. The fourth-order valence-corrected chi connectivity index (χ4v) is 3.03. The molecule has 1 saturated heterocycles. The van der Waals surface area contributed by atoms with Gasteiger partial charge in [-0.15, -0.1) is 0 Å². The van der Waals surface area contributed by atoms with Crippen LogP contribution in [-0.4, -0.2) is 36.2 Å². The summed E-state index contributed by atoms with van der Waals surface area (Å²) < 4.78 is 5.27. The highest BCUT2D eigenvalue weighted by Gasteiger charge is 2.25. The number of hydrogen-bond donors (Lipinski definition) is 2. The number of nitriles is 2. The average Bonchev–Trinajstić information content (AvgIpc) is 2.67. The molecule has 0 saturated carbocycles. The van der Waals surface area contributed by atoms with E-state index in [-0.39, 0.29) is 33.8 Å². The maximum atomic E-state index is 12.0. The van der Waals surface area contributed by atoms with Gasteiger partial charge in [0.1, 0.15) is 34.8 Å². The Bertz CT molecular complexity index is 1060. The molecular weight excluding hydrogens is 352 g/mol. The van der Waals surface area contributed by atoms with Crippen molar-refractivity contribution in [3.05, 3.63) is 49.8 Å². The van der Waals surface area contributed by atoms with Crippen molar-refractivity contribution in [3.8, 4) is 23.3 Å². The Balaban J connectivity index is 2.24.